The monoisotopic (exact) mass is 188 g/mol. The second kappa shape index (κ2) is 3.92. The number of hydrogen-bond donors (Lipinski definition) is 1. The van der Waals surface area contributed by atoms with Crippen molar-refractivity contribution in [3.05, 3.63) is 33.9 Å². The Labute approximate surface area is 79.4 Å². The van der Waals surface area contributed by atoms with Gasteiger partial charge in [-0.2, -0.15) is 5.26 Å². The van der Waals surface area contributed by atoms with Crippen molar-refractivity contribution in [3.8, 4) is 23.7 Å². The zero-order valence-corrected chi connectivity index (χ0v) is 6.89. The molecule has 1 N–H and O–H groups in total. The van der Waals surface area contributed by atoms with E-state index in [-0.39, 0.29) is 5.56 Å². The SMILES string of the molecule is N#CC#Cc1cccc([N+](=O)[O-])c1O. The summed E-state index contributed by atoms with van der Waals surface area (Å²) in [7, 11) is 0. The van der Waals surface area contributed by atoms with Crippen LogP contribution in [0.5, 0.6) is 5.75 Å². The Balaban J connectivity index is 3.29. The molecule has 1 rings (SSSR count). The van der Waals surface area contributed by atoms with Gasteiger partial charge < -0.3 is 5.11 Å². The summed E-state index contributed by atoms with van der Waals surface area (Å²) in [4.78, 5) is 9.66. The molecule has 0 saturated carbocycles. The summed E-state index contributed by atoms with van der Waals surface area (Å²) in [5, 5.41) is 27.9. The summed E-state index contributed by atoms with van der Waals surface area (Å²) in [5.41, 5.74) is -0.351. The molecule has 0 bridgehead atoms. The van der Waals surface area contributed by atoms with Gasteiger partial charge in [0.05, 0.1) is 10.5 Å². The summed E-state index contributed by atoms with van der Waals surface area (Å²) in [6.45, 7) is 0. The van der Waals surface area contributed by atoms with Crippen molar-refractivity contribution in [2.45, 2.75) is 0 Å². The molecule has 0 unspecified atom stereocenters. The standard InChI is InChI=1S/C9H4N2O3/c10-6-2-4-7-3-1-5-8(9(7)12)11(13)14/h1,3,5,12H. The molecular weight excluding hydrogens is 184 g/mol. The molecular formula is C9H4N2O3. The molecule has 0 radical (unpaired) electrons. The first-order valence-corrected chi connectivity index (χ1v) is 3.53. The zero-order chi connectivity index (χ0) is 10.6. The van der Waals surface area contributed by atoms with Crippen LogP contribution in [0, 0.1) is 33.3 Å². The van der Waals surface area contributed by atoms with Crippen LogP contribution in [0.15, 0.2) is 18.2 Å². The number of para-hydroxylation sites is 1. The molecule has 0 aliphatic carbocycles. The Morgan fingerprint density at radius 2 is 2.21 bits per heavy atom. The van der Waals surface area contributed by atoms with E-state index in [0.717, 1.165) is 6.07 Å². The molecule has 0 heterocycles. The van der Waals surface area contributed by atoms with Crippen LogP contribution >= 0.6 is 0 Å². The number of aromatic hydroxyl groups is 1. The van der Waals surface area contributed by atoms with Crippen LogP contribution in [0.1, 0.15) is 5.56 Å². The number of phenolic OH excluding ortho intramolecular Hbond substituents is 1. The van der Waals surface area contributed by atoms with E-state index in [1.165, 1.54) is 12.1 Å². The predicted octanol–water partition coefficient (Wildman–Crippen LogP) is 1.18. The van der Waals surface area contributed by atoms with Gasteiger partial charge in [-0.25, -0.2) is 0 Å². The number of phenols is 1. The topological polar surface area (TPSA) is 87.2 Å². The van der Waals surface area contributed by atoms with Crippen LogP contribution in [0.4, 0.5) is 5.69 Å². The van der Waals surface area contributed by atoms with Crippen molar-refractivity contribution < 1.29 is 10.0 Å². The highest BCUT2D eigenvalue weighted by molar-refractivity contribution is 5.57. The second-order valence-corrected chi connectivity index (χ2v) is 2.29. The van der Waals surface area contributed by atoms with E-state index in [1.54, 1.807) is 6.07 Å². The highest BCUT2D eigenvalue weighted by Gasteiger charge is 2.14. The summed E-state index contributed by atoms with van der Waals surface area (Å²) in [6, 6.07) is 5.49. The van der Waals surface area contributed by atoms with Gasteiger partial charge in [-0.15, -0.1) is 0 Å². The smallest absolute Gasteiger partial charge is 0.312 e. The molecule has 0 saturated heterocycles. The minimum absolute atomic E-state index is 0.0701. The Morgan fingerprint density at radius 3 is 2.79 bits per heavy atom. The van der Waals surface area contributed by atoms with Crippen LogP contribution in [-0.2, 0) is 0 Å². The molecule has 14 heavy (non-hydrogen) atoms. The third kappa shape index (κ3) is 1.79. The lowest BCUT2D eigenvalue weighted by Gasteiger charge is -1.96. The first-order chi connectivity index (χ1) is 6.66. The van der Waals surface area contributed by atoms with Crippen molar-refractivity contribution in [2.75, 3.05) is 0 Å². The lowest BCUT2D eigenvalue weighted by molar-refractivity contribution is -0.385. The number of nitriles is 1. The summed E-state index contributed by atoms with van der Waals surface area (Å²) >= 11 is 0. The third-order valence-electron chi connectivity index (χ3n) is 1.46. The molecule has 0 aromatic heterocycles. The Kier molecular flexibility index (Phi) is 2.68. The lowest BCUT2D eigenvalue weighted by atomic mass is 10.2. The second-order valence-electron chi connectivity index (χ2n) is 2.29. The molecule has 0 spiro atoms. The van der Waals surface area contributed by atoms with Gasteiger partial charge in [0.1, 0.15) is 0 Å². The maximum atomic E-state index is 10.4. The van der Waals surface area contributed by atoms with Crippen LogP contribution in [0.2, 0.25) is 0 Å². The molecule has 5 nitrogen and oxygen atoms in total. The largest absolute Gasteiger partial charge is 0.501 e. The van der Waals surface area contributed by atoms with Gasteiger partial charge >= 0.3 is 5.69 Å². The van der Waals surface area contributed by atoms with E-state index in [0.29, 0.717) is 0 Å². The number of nitrogens with zero attached hydrogens (tertiary/aromatic N) is 2. The van der Waals surface area contributed by atoms with E-state index in [2.05, 4.69) is 5.92 Å². The molecule has 68 valence electrons. The molecule has 1 aromatic carbocycles. The molecule has 0 fully saturated rings. The van der Waals surface area contributed by atoms with Crippen LogP contribution in [-0.4, -0.2) is 10.0 Å². The number of nitro groups is 1. The van der Waals surface area contributed by atoms with Gasteiger partial charge in [-0.1, -0.05) is 6.07 Å². The molecule has 0 atom stereocenters. The molecule has 0 amide bonds. The minimum Gasteiger partial charge on any atom is -0.501 e. The molecule has 0 aliphatic heterocycles. The van der Waals surface area contributed by atoms with Crippen molar-refractivity contribution in [1.82, 2.24) is 0 Å². The van der Waals surface area contributed by atoms with E-state index >= 15 is 0 Å². The fraction of sp³-hybridized carbons (Fsp3) is 0. The first-order valence-electron chi connectivity index (χ1n) is 3.53. The highest BCUT2D eigenvalue weighted by atomic mass is 16.6. The fourth-order valence-corrected chi connectivity index (χ4v) is 0.875. The van der Waals surface area contributed by atoms with Gasteiger partial charge in [0.2, 0.25) is 5.75 Å². The van der Waals surface area contributed by atoms with Crippen LogP contribution < -0.4 is 0 Å². The van der Waals surface area contributed by atoms with E-state index in [1.807, 2.05) is 5.92 Å². The zero-order valence-electron chi connectivity index (χ0n) is 6.89. The molecule has 1 aromatic rings. The average Bonchev–Trinajstić information content (AvgIpc) is 2.16. The average molecular weight is 188 g/mol. The molecule has 5 heteroatoms. The maximum absolute atomic E-state index is 10.4. The fourth-order valence-electron chi connectivity index (χ4n) is 0.875. The summed E-state index contributed by atoms with van der Waals surface area (Å²) in [5.74, 6) is 3.82. The van der Waals surface area contributed by atoms with E-state index < -0.39 is 16.4 Å². The first kappa shape index (κ1) is 9.56. The number of hydrogen-bond acceptors (Lipinski definition) is 4. The third-order valence-corrected chi connectivity index (χ3v) is 1.46. The number of nitro benzene ring substituents is 1. The van der Waals surface area contributed by atoms with Crippen LogP contribution in [0.3, 0.4) is 0 Å². The van der Waals surface area contributed by atoms with Gasteiger partial charge in [-0.3, -0.25) is 10.1 Å². The summed E-state index contributed by atoms with van der Waals surface area (Å²) in [6.07, 6.45) is 0. The van der Waals surface area contributed by atoms with Gasteiger partial charge in [0.15, 0.2) is 6.07 Å². The summed E-state index contributed by atoms with van der Waals surface area (Å²) < 4.78 is 0. The van der Waals surface area contributed by atoms with Crippen molar-refractivity contribution in [3.63, 3.8) is 0 Å². The van der Waals surface area contributed by atoms with Crippen molar-refractivity contribution in [1.29, 1.82) is 5.26 Å². The Hall–Kier alpha value is -2.53. The quantitative estimate of drug-likeness (QED) is 0.407. The number of rotatable bonds is 1. The van der Waals surface area contributed by atoms with E-state index in [4.69, 9.17) is 5.26 Å². The van der Waals surface area contributed by atoms with Gasteiger partial charge in [0, 0.05) is 12.0 Å². The Bertz CT molecular complexity index is 477. The predicted molar refractivity (Wildman–Crippen MR) is 47.3 cm³/mol. The Morgan fingerprint density at radius 1 is 1.50 bits per heavy atom. The maximum Gasteiger partial charge on any atom is 0.312 e. The number of benzene rings is 1. The van der Waals surface area contributed by atoms with Crippen molar-refractivity contribution >= 4 is 5.69 Å². The van der Waals surface area contributed by atoms with Gasteiger partial charge in [0.25, 0.3) is 0 Å². The minimum atomic E-state index is -0.715. The lowest BCUT2D eigenvalue weighted by Crippen LogP contribution is -1.89. The van der Waals surface area contributed by atoms with Crippen LogP contribution in [0.25, 0.3) is 0 Å². The normalized spacial score (nSPS) is 8.21. The molecule has 0 aliphatic rings. The van der Waals surface area contributed by atoms with E-state index in [9.17, 15) is 15.2 Å². The highest BCUT2D eigenvalue weighted by Crippen LogP contribution is 2.28. The van der Waals surface area contributed by atoms with Gasteiger partial charge in [-0.05, 0) is 12.0 Å². The van der Waals surface area contributed by atoms with Crippen molar-refractivity contribution in [2.24, 2.45) is 0 Å².